The van der Waals surface area contributed by atoms with Gasteiger partial charge in [0.2, 0.25) is 11.8 Å². The van der Waals surface area contributed by atoms with Crippen LogP contribution in [0.15, 0.2) is 77.5 Å². The maximum Gasteiger partial charge on any atom is 0.248 e. The number of Topliss-reactive ketones (excluding diaryl/α,β-unsaturated/α-hetero) is 1. The molecule has 196 valence electrons. The molecule has 1 spiro atoms. The maximum absolute atomic E-state index is 14.5. The van der Waals surface area contributed by atoms with E-state index in [0.29, 0.717) is 29.1 Å². The molecule has 2 aromatic carbocycles. The summed E-state index contributed by atoms with van der Waals surface area (Å²) in [5.41, 5.74) is 6.76. The third-order valence-electron chi connectivity index (χ3n) is 7.54. The van der Waals surface area contributed by atoms with Crippen molar-refractivity contribution in [3.05, 3.63) is 88.8 Å². The monoisotopic (exact) mass is 522 g/mol. The van der Waals surface area contributed by atoms with Crippen LogP contribution >= 0.6 is 0 Å². The average molecular weight is 523 g/mol. The smallest absolute Gasteiger partial charge is 0.248 e. The van der Waals surface area contributed by atoms with Gasteiger partial charge in [-0.2, -0.15) is 5.26 Å². The minimum Gasteiger partial charge on any atom is -0.497 e. The number of amides is 1. The summed E-state index contributed by atoms with van der Waals surface area (Å²) in [6.45, 7) is 4.01. The van der Waals surface area contributed by atoms with E-state index in [1.165, 1.54) is 0 Å². The Morgan fingerprint density at radius 2 is 1.87 bits per heavy atom. The molecule has 10 nitrogen and oxygen atoms in total. The van der Waals surface area contributed by atoms with E-state index in [2.05, 4.69) is 16.4 Å². The summed E-state index contributed by atoms with van der Waals surface area (Å²) >= 11 is 0. The van der Waals surface area contributed by atoms with Crippen molar-refractivity contribution in [2.75, 3.05) is 12.0 Å². The van der Waals surface area contributed by atoms with Crippen LogP contribution in [0.2, 0.25) is 0 Å². The molecule has 0 radical (unpaired) electrons. The van der Waals surface area contributed by atoms with Crippen molar-refractivity contribution in [3.63, 3.8) is 0 Å². The molecule has 0 fully saturated rings. The van der Waals surface area contributed by atoms with Crippen molar-refractivity contribution in [3.8, 4) is 17.5 Å². The van der Waals surface area contributed by atoms with Crippen LogP contribution in [-0.2, 0) is 26.3 Å². The van der Waals surface area contributed by atoms with Crippen LogP contribution in [-0.4, -0.2) is 33.8 Å². The number of ketones is 1. The molecule has 6 rings (SSSR count). The van der Waals surface area contributed by atoms with E-state index >= 15 is 0 Å². The quantitative estimate of drug-likeness (QED) is 0.550. The molecule has 10 heteroatoms. The predicted molar refractivity (Wildman–Crippen MR) is 140 cm³/mol. The first-order valence-electron chi connectivity index (χ1n) is 12.5. The van der Waals surface area contributed by atoms with Gasteiger partial charge in [0.05, 0.1) is 31.1 Å². The molecule has 1 aromatic heterocycles. The summed E-state index contributed by atoms with van der Waals surface area (Å²) in [5.74, 6) is 0.249. The highest BCUT2D eigenvalue weighted by atomic mass is 16.5. The Labute approximate surface area is 224 Å². The Bertz CT molecular complexity index is 1640. The largest absolute Gasteiger partial charge is 0.497 e. The molecule has 0 bridgehead atoms. The first-order chi connectivity index (χ1) is 18.7. The number of hydrogen-bond acceptors (Lipinski definition) is 8. The summed E-state index contributed by atoms with van der Waals surface area (Å²) in [6, 6.07) is 16.6. The minimum absolute atomic E-state index is 0.0730. The molecule has 3 aliphatic rings. The Morgan fingerprint density at radius 3 is 2.59 bits per heavy atom. The van der Waals surface area contributed by atoms with Gasteiger partial charge in [-0.15, -0.1) is 5.10 Å². The maximum atomic E-state index is 14.5. The van der Waals surface area contributed by atoms with Crippen molar-refractivity contribution in [2.24, 2.45) is 11.1 Å². The van der Waals surface area contributed by atoms with E-state index in [0.717, 1.165) is 11.4 Å². The zero-order valence-corrected chi connectivity index (χ0v) is 21.8. The number of allylic oxidation sites excluding steroid dienone is 1. The fourth-order valence-corrected chi connectivity index (χ4v) is 5.89. The minimum atomic E-state index is -1.68. The number of nitrogens with zero attached hydrogens (tertiary/aromatic N) is 5. The van der Waals surface area contributed by atoms with Crippen LogP contribution in [0, 0.1) is 16.7 Å². The number of ether oxygens (including phenoxy) is 2. The van der Waals surface area contributed by atoms with Crippen LogP contribution in [0.3, 0.4) is 0 Å². The second kappa shape index (κ2) is 8.56. The Morgan fingerprint density at radius 1 is 1.13 bits per heavy atom. The number of methoxy groups -OCH3 is 1. The number of aromatic nitrogens is 3. The molecule has 0 saturated carbocycles. The van der Waals surface area contributed by atoms with Crippen LogP contribution in [0.25, 0.3) is 5.69 Å². The molecule has 2 aliphatic heterocycles. The summed E-state index contributed by atoms with van der Waals surface area (Å²) in [6.07, 6.45) is 2.38. The average Bonchev–Trinajstić information content (AvgIpc) is 3.46. The lowest BCUT2D eigenvalue weighted by molar-refractivity contribution is -0.125. The number of nitriles is 1. The van der Waals surface area contributed by atoms with Gasteiger partial charge in [-0.3, -0.25) is 9.59 Å². The van der Waals surface area contributed by atoms with Crippen molar-refractivity contribution in [2.45, 2.75) is 38.6 Å². The van der Waals surface area contributed by atoms with Crippen LogP contribution in [0.1, 0.15) is 37.9 Å². The molecule has 1 aliphatic carbocycles. The molecule has 1 atom stereocenters. The molecule has 1 unspecified atom stereocenters. The lowest BCUT2D eigenvalue weighted by Crippen LogP contribution is -2.50. The van der Waals surface area contributed by atoms with Gasteiger partial charge in [0.1, 0.15) is 34.3 Å². The molecular weight excluding hydrogens is 496 g/mol. The number of rotatable bonds is 4. The third kappa shape index (κ3) is 3.54. The summed E-state index contributed by atoms with van der Waals surface area (Å²) in [7, 11) is 1.60. The number of carbonyl (C=O) groups excluding carboxylic acids is 2. The van der Waals surface area contributed by atoms with Gasteiger partial charge in [0, 0.05) is 24.1 Å². The second-order valence-corrected chi connectivity index (χ2v) is 10.7. The Balaban J connectivity index is 1.46. The van der Waals surface area contributed by atoms with E-state index in [-0.39, 0.29) is 41.2 Å². The van der Waals surface area contributed by atoms with Gasteiger partial charge in [0.15, 0.2) is 5.78 Å². The first-order valence-corrected chi connectivity index (χ1v) is 12.5. The van der Waals surface area contributed by atoms with E-state index < -0.39 is 11.3 Å². The first kappa shape index (κ1) is 24.4. The highest BCUT2D eigenvalue weighted by Crippen LogP contribution is 2.57. The highest BCUT2D eigenvalue weighted by molar-refractivity contribution is 6.20. The van der Waals surface area contributed by atoms with Gasteiger partial charge in [-0.1, -0.05) is 37.3 Å². The predicted octanol–water partition coefficient (Wildman–Crippen LogP) is 3.43. The van der Waals surface area contributed by atoms with Gasteiger partial charge in [-0.05, 0) is 35.7 Å². The van der Waals surface area contributed by atoms with Crippen LogP contribution < -0.4 is 15.4 Å². The number of nitrogens with two attached hydrogens (primary N) is 1. The lowest BCUT2D eigenvalue weighted by Gasteiger charge is -2.41. The third-order valence-corrected chi connectivity index (χ3v) is 7.54. The van der Waals surface area contributed by atoms with E-state index in [4.69, 9.17) is 15.2 Å². The van der Waals surface area contributed by atoms with E-state index in [9.17, 15) is 14.9 Å². The second-order valence-electron chi connectivity index (χ2n) is 10.7. The summed E-state index contributed by atoms with van der Waals surface area (Å²) in [4.78, 5) is 29.8. The number of carbonyl (C=O) groups is 2. The molecule has 3 aromatic rings. The van der Waals surface area contributed by atoms with E-state index in [1.807, 2.05) is 44.2 Å². The van der Waals surface area contributed by atoms with Crippen molar-refractivity contribution in [1.29, 1.82) is 5.26 Å². The van der Waals surface area contributed by atoms with Gasteiger partial charge < -0.3 is 20.1 Å². The van der Waals surface area contributed by atoms with Gasteiger partial charge in [-0.25, -0.2) is 4.68 Å². The van der Waals surface area contributed by atoms with Crippen LogP contribution in [0.5, 0.6) is 5.75 Å². The Kier molecular flexibility index (Phi) is 5.36. The van der Waals surface area contributed by atoms with E-state index in [1.54, 1.807) is 41.1 Å². The summed E-state index contributed by atoms with van der Waals surface area (Å²) in [5, 5.41) is 18.8. The molecule has 0 saturated heterocycles. The number of para-hydroxylation sites is 1. The molecule has 3 heterocycles. The molecule has 2 N–H and O–H groups in total. The van der Waals surface area contributed by atoms with Crippen molar-refractivity contribution in [1.82, 2.24) is 15.0 Å². The van der Waals surface area contributed by atoms with Gasteiger partial charge in [0.25, 0.3) is 0 Å². The number of benzene rings is 2. The van der Waals surface area contributed by atoms with Crippen LogP contribution in [0.4, 0.5) is 5.69 Å². The molecule has 1 amide bonds. The molecule has 39 heavy (non-hydrogen) atoms. The summed E-state index contributed by atoms with van der Waals surface area (Å²) < 4.78 is 12.7. The number of anilines is 1. The Hall–Kier alpha value is -4.91. The highest BCUT2D eigenvalue weighted by Gasteiger charge is 2.63. The van der Waals surface area contributed by atoms with Crippen molar-refractivity contribution >= 4 is 17.4 Å². The van der Waals surface area contributed by atoms with Gasteiger partial charge >= 0.3 is 0 Å². The fourth-order valence-electron chi connectivity index (χ4n) is 5.89. The zero-order chi connectivity index (χ0) is 27.5. The molecular formula is C29H26N6O4. The topological polar surface area (TPSA) is 136 Å². The number of fused-ring (bicyclic) bond motifs is 3. The fraction of sp³-hybridized carbons (Fsp3) is 0.276. The number of hydrogen-bond donors (Lipinski definition) is 1. The van der Waals surface area contributed by atoms with Crippen molar-refractivity contribution < 1.29 is 19.1 Å². The lowest BCUT2D eigenvalue weighted by atomic mass is 9.62. The zero-order valence-electron chi connectivity index (χ0n) is 21.8. The SMILES string of the molecule is COc1ccc(-n2cc(CN3C(=O)C4(C(C#N)=C(N)OC5=C4C(=O)CC(C)(C)C5)c4ccccc43)nn2)cc1. The standard InChI is InChI=1S/C29H26N6O4/c1-28(2)12-23(36)25-24(13-28)39-26(31)21(14-30)29(25)20-6-4-5-7-22(20)34(27(29)37)15-17-16-35(33-32-17)18-8-10-19(38-3)11-9-18/h4-11,16H,12-13,15,31H2,1-3H3. The normalized spacial score (nSPS) is 21.5.